The Morgan fingerprint density at radius 3 is 2.75 bits per heavy atom. The first-order valence-corrected chi connectivity index (χ1v) is 6.44. The molecule has 1 aromatic carbocycles. The van der Waals surface area contributed by atoms with Crippen LogP contribution >= 0.6 is 0 Å². The minimum atomic E-state index is -0.642. The highest BCUT2D eigenvalue weighted by Gasteiger charge is 2.21. The van der Waals surface area contributed by atoms with Gasteiger partial charge in [0.15, 0.2) is 12.4 Å². The van der Waals surface area contributed by atoms with Crippen molar-refractivity contribution in [3.63, 3.8) is 0 Å². The van der Waals surface area contributed by atoms with Crippen LogP contribution in [0.5, 0.6) is 5.75 Å². The molecule has 0 fully saturated rings. The van der Waals surface area contributed by atoms with Gasteiger partial charge in [-0.05, 0) is 31.9 Å². The van der Waals surface area contributed by atoms with Crippen molar-refractivity contribution in [1.82, 2.24) is 10.1 Å². The summed E-state index contributed by atoms with van der Waals surface area (Å²) in [5.41, 5.74) is 6.18. The average molecular weight is 277 g/mol. The molecule has 2 rings (SSSR count). The summed E-state index contributed by atoms with van der Waals surface area (Å²) >= 11 is 0. The zero-order valence-electron chi connectivity index (χ0n) is 11.7. The van der Waals surface area contributed by atoms with Crippen LogP contribution in [0.15, 0.2) is 28.8 Å². The van der Waals surface area contributed by atoms with Crippen molar-refractivity contribution < 1.29 is 14.4 Å². The van der Waals surface area contributed by atoms with E-state index in [1.165, 1.54) is 0 Å². The fourth-order valence-electron chi connectivity index (χ4n) is 1.69. The third kappa shape index (κ3) is 3.55. The molecule has 3 N–H and O–H groups in total. The van der Waals surface area contributed by atoms with Crippen LogP contribution in [0, 0.1) is 0 Å². The Labute approximate surface area is 117 Å². The highest BCUT2D eigenvalue weighted by atomic mass is 16.5. The van der Waals surface area contributed by atoms with E-state index >= 15 is 0 Å². The fourth-order valence-corrected chi connectivity index (χ4v) is 1.69. The lowest BCUT2D eigenvalue weighted by Crippen LogP contribution is -2.30. The number of aliphatic hydroxyl groups is 1. The van der Waals surface area contributed by atoms with Gasteiger partial charge in [-0.1, -0.05) is 23.4 Å². The van der Waals surface area contributed by atoms with Gasteiger partial charge in [-0.25, -0.2) is 0 Å². The number of rotatable bonds is 6. The SMILES string of the molecule is CC(C)(N)c1noc(COc2ccccc2CCO)n1. The lowest BCUT2D eigenvalue weighted by Gasteiger charge is -2.11. The quantitative estimate of drug-likeness (QED) is 0.828. The number of aromatic nitrogens is 2. The summed E-state index contributed by atoms with van der Waals surface area (Å²) in [7, 11) is 0. The second-order valence-electron chi connectivity index (χ2n) is 5.10. The van der Waals surface area contributed by atoms with E-state index in [0.29, 0.717) is 23.9 Å². The normalized spacial score (nSPS) is 11.6. The van der Waals surface area contributed by atoms with Gasteiger partial charge in [-0.3, -0.25) is 0 Å². The van der Waals surface area contributed by atoms with Crippen LogP contribution in [-0.2, 0) is 18.6 Å². The maximum Gasteiger partial charge on any atom is 0.264 e. The molecule has 0 unspecified atom stereocenters. The van der Waals surface area contributed by atoms with E-state index in [2.05, 4.69) is 10.1 Å². The smallest absolute Gasteiger partial charge is 0.264 e. The first kappa shape index (κ1) is 14.5. The minimum absolute atomic E-state index is 0.0758. The molecule has 2 aromatic rings. The Morgan fingerprint density at radius 1 is 1.35 bits per heavy atom. The molecule has 0 aliphatic rings. The van der Waals surface area contributed by atoms with Gasteiger partial charge in [0.1, 0.15) is 5.75 Å². The third-order valence-electron chi connectivity index (χ3n) is 2.75. The second-order valence-corrected chi connectivity index (χ2v) is 5.10. The molecule has 0 saturated heterocycles. The standard InChI is InChI=1S/C14H19N3O3/c1-14(2,15)13-16-12(20-17-13)9-19-11-6-4-3-5-10(11)7-8-18/h3-6,18H,7-9,15H2,1-2H3. The number of ether oxygens (including phenoxy) is 1. The summed E-state index contributed by atoms with van der Waals surface area (Å²) < 4.78 is 10.8. The number of nitrogens with zero attached hydrogens (tertiary/aromatic N) is 2. The van der Waals surface area contributed by atoms with E-state index in [0.717, 1.165) is 5.56 Å². The summed E-state index contributed by atoms with van der Waals surface area (Å²) in [5.74, 6) is 1.52. The van der Waals surface area contributed by atoms with Gasteiger partial charge in [0.05, 0.1) is 5.54 Å². The summed E-state index contributed by atoms with van der Waals surface area (Å²) in [5, 5.41) is 12.8. The van der Waals surface area contributed by atoms with Gasteiger partial charge in [-0.2, -0.15) is 4.98 Å². The highest BCUT2D eigenvalue weighted by molar-refractivity contribution is 5.33. The van der Waals surface area contributed by atoms with Gasteiger partial charge >= 0.3 is 0 Å². The summed E-state index contributed by atoms with van der Waals surface area (Å²) in [6.07, 6.45) is 0.543. The molecule has 6 heteroatoms. The Bertz CT molecular complexity index is 561. The molecule has 0 amide bonds. The van der Waals surface area contributed by atoms with Crippen molar-refractivity contribution in [1.29, 1.82) is 0 Å². The number of para-hydroxylation sites is 1. The molecule has 0 bridgehead atoms. The maximum atomic E-state index is 9.01. The fraction of sp³-hybridized carbons (Fsp3) is 0.429. The number of aliphatic hydroxyl groups excluding tert-OH is 1. The number of hydrogen-bond donors (Lipinski definition) is 2. The van der Waals surface area contributed by atoms with Crippen LogP contribution in [0.3, 0.4) is 0 Å². The third-order valence-corrected chi connectivity index (χ3v) is 2.75. The molecule has 0 spiro atoms. The van der Waals surface area contributed by atoms with E-state index in [1.807, 2.05) is 24.3 Å². The summed E-state index contributed by atoms with van der Waals surface area (Å²) in [6, 6.07) is 7.53. The Morgan fingerprint density at radius 2 is 2.10 bits per heavy atom. The van der Waals surface area contributed by atoms with Crippen LogP contribution < -0.4 is 10.5 Å². The Kier molecular flexibility index (Phi) is 4.36. The first-order valence-electron chi connectivity index (χ1n) is 6.44. The van der Waals surface area contributed by atoms with E-state index in [4.69, 9.17) is 20.1 Å². The van der Waals surface area contributed by atoms with Crippen LogP contribution in [0.1, 0.15) is 31.1 Å². The largest absolute Gasteiger partial charge is 0.483 e. The molecule has 108 valence electrons. The van der Waals surface area contributed by atoms with Crippen molar-refractivity contribution in [2.45, 2.75) is 32.4 Å². The highest BCUT2D eigenvalue weighted by Crippen LogP contribution is 2.20. The molecule has 1 aromatic heterocycles. The van der Waals surface area contributed by atoms with E-state index in [1.54, 1.807) is 13.8 Å². The molecular formula is C14H19N3O3. The van der Waals surface area contributed by atoms with Gasteiger partial charge in [0, 0.05) is 6.61 Å². The van der Waals surface area contributed by atoms with Crippen LogP contribution in [0.4, 0.5) is 0 Å². The van der Waals surface area contributed by atoms with E-state index < -0.39 is 5.54 Å². The second kappa shape index (κ2) is 6.02. The van der Waals surface area contributed by atoms with Crippen molar-refractivity contribution in [3.05, 3.63) is 41.5 Å². The topological polar surface area (TPSA) is 94.4 Å². The molecule has 0 aliphatic heterocycles. The lowest BCUT2D eigenvalue weighted by molar-refractivity contribution is 0.237. The Balaban J connectivity index is 2.04. The van der Waals surface area contributed by atoms with E-state index in [-0.39, 0.29) is 13.2 Å². The summed E-state index contributed by atoms with van der Waals surface area (Å²) in [4.78, 5) is 4.20. The van der Waals surface area contributed by atoms with Crippen molar-refractivity contribution in [2.24, 2.45) is 5.73 Å². The van der Waals surface area contributed by atoms with Gasteiger partial charge in [0.2, 0.25) is 0 Å². The predicted molar refractivity (Wildman–Crippen MR) is 73.1 cm³/mol. The lowest BCUT2D eigenvalue weighted by atomic mass is 10.1. The molecule has 0 radical (unpaired) electrons. The molecule has 20 heavy (non-hydrogen) atoms. The predicted octanol–water partition coefficient (Wildman–Crippen LogP) is 1.38. The van der Waals surface area contributed by atoms with Crippen molar-refractivity contribution in [3.8, 4) is 5.75 Å². The molecule has 0 atom stereocenters. The van der Waals surface area contributed by atoms with Gasteiger partial charge in [0.25, 0.3) is 5.89 Å². The first-order chi connectivity index (χ1) is 9.50. The van der Waals surface area contributed by atoms with E-state index in [9.17, 15) is 0 Å². The van der Waals surface area contributed by atoms with Crippen molar-refractivity contribution in [2.75, 3.05) is 6.61 Å². The molecular weight excluding hydrogens is 258 g/mol. The van der Waals surface area contributed by atoms with Crippen LogP contribution in [-0.4, -0.2) is 21.9 Å². The minimum Gasteiger partial charge on any atom is -0.483 e. The monoisotopic (exact) mass is 277 g/mol. The molecule has 6 nitrogen and oxygen atoms in total. The number of hydrogen-bond acceptors (Lipinski definition) is 6. The van der Waals surface area contributed by atoms with Gasteiger partial charge < -0.3 is 20.1 Å². The van der Waals surface area contributed by atoms with Crippen LogP contribution in [0.25, 0.3) is 0 Å². The molecule has 1 heterocycles. The number of nitrogens with two attached hydrogens (primary N) is 1. The summed E-state index contributed by atoms with van der Waals surface area (Å²) in [6.45, 7) is 3.86. The van der Waals surface area contributed by atoms with Crippen LogP contribution in [0.2, 0.25) is 0 Å². The zero-order chi connectivity index (χ0) is 14.6. The number of benzene rings is 1. The Hall–Kier alpha value is -1.92. The zero-order valence-corrected chi connectivity index (χ0v) is 11.7. The molecule has 0 saturated carbocycles. The average Bonchev–Trinajstić information content (AvgIpc) is 2.87. The molecule has 0 aliphatic carbocycles. The van der Waals surface area contributed by atoms with Crippen molar-refractivity contribution >= 4 is 0 Å². The van der Waals surface area contributed by atoms with Gasteiger partial charge in [-0.15, -0.1) is 0 Å². The maximum absolute atomic E-state index is 9.01.